The zero-order valence-corrected chi connectivity index (χ0v) is 15.3. The van der Waals surface area contributed by atoms with E-state index in [4.69, 9.17) is 0 Å². The first-order valence-electron chi connectivity index (χ1n) is 9.10. The van der Waals surface area contributed by atoms with Gasteiger partial charge in [0.05, 0.1) is 0 Å². The monoisotopic (exact) mass is 355 g/mol. The average molecular weight is 356 g/mol. The molecule has 1 aromatic carbocycles. The van der Waals surface area contributed by atoms with Gasteiger partial charge in [-0.3, -0.25) is 9.69 Å². The largest absolute Gasteiger partial charge is 0.379 e. The molecule has 2 N–H and O–H groups in total. The van der Waals surface area contributed by atoms with Gasteiger partial charge in [0.1, 0.15) is 0 Å². The number of carbonyl (C=O) groups is 1. The summed E-state index contributed by atoms with van der Waals surface area (Å²) in [5.41, 5.74) is 2.22. The SMILES string of the molecule is O=C1CC2(CCCN(Cc3cccs3)CC2)Nc2ccccc2CN1. The van der Waals surface area contributed by atoms with Gasteiger partial charge in [0.15, 0.2) is 0 Å². The van der Waals surface area contributed by atoms with Crippen LogP contribution in [0.15, 0.2) is 41.8 Å². The van der Waals surface area contributed by atoms with Crippen molar-refractivity contribution in [3.05, 3.63) is 52.2 Å². The molecule has 5 heteroatoms. The normalized spacial score (nSPS) is 24.6. The molecule has 4 rings (SSSR count). The Balaban J connectivity index is 1.52. The molecule has 0 aliphatic carbocycles. The molecule has 4 nitrogen and oxygen atoms in total. The van der Waals surface area contributed by atoms with Crippen LogP contribution in [0.1, 0.15) is 36.1 Å². The fourth-order valence-electron chi connectivity index (χ4n) is 4.02. The Hall–Kier alpha value is -1.85. The Morgan fingerprint density at radius 2 is 2.04 bits per heavy atom. The van der Waals surface area contributed by atoms with Gasteiger partial charge in [0.2, 0.25) is 5.91 Å². The van der Waals surface area contributed by atoms with Gasteiger partial charge in [0.25, 0.3) is 0 Å². The van der Waals surface area contributed by atoms with Gasteiger partial charge in [-0.2, -0.15) is 0 Å². The van der Waals surface area contributed by atoms with Crippen LogP contribution in [0, 0.1) is 0 Å². The molecular weight excluding hydrogens is 330 g/mol. The summed E-state index contributed by atoms with van der Waals surface area (Å²) in [6.07, 6.45) is 3.72. The first-order valence-corrected chi connectivity index (χ1v) is 9.98. The zero-order chi connectivity index (χ0) is 17.1. The number of carbonyl (C=O) groups excluding carboxylic acids is 1. The number of rotatable bonds is 2. The van der Waals surface area contributed by atoms with Crippen LogP contribution in [0.2, 0.25) is 0 Å². The number of para-hydroxylation sites is 1. The lowest BCUT2D eigenvalue weighted by Gasteiger charge is -2.37. The minimum atomic E-state index is -0.134. The highest BCUT2D eigenvalue weighted by molar-refractivity contribution is 7.09. The smallest absolute Gasteiger partial charge is 0.222 e. The third kappa shape index (κ3) is 3.88. The van der Waals surface area contributed by atoms with Gasteiger partial charge in [-0.05, 0) is 48.9 Å². The van der Waals surface area contributed by atoms with Crippen LogP contribution >= 0.6 is 11.3 Å². The van der Waals surface area contributed by atoms with Crippen molar-refractivity contribution in [1.82, 2.24) is 10.2 Å². The second-order valence-corrected chi connectivity index (χ2v) is 8.26. The van der Waals surface area contributed by atoms with Crippen molar-refractivity contribution in [3.63, 3.8) is 0 Å². The molecule has 0 bridgehead atoms. The van der Waals surface area contributed by atoms with Gasteiger partial charge >= 0.3 is 0 Å². The summed E-state index contributed by atoms with van der Waals surface area (Å²) in [5, 5.41) is 9.01. The lowest BCUT2D eigenvalue weighted by Crippen LogP contribution is -2.46. The Kier molecular flexibility index (Phi) is 4.77. The number of nitrogens with zero attached hydrogens (tertiary/aromatic N) is 1. The first-order chi connectivity index (χ1) is 12.2. The number of hydrogen-bond donors (Lipinski definition) is 2. The number of hydrogen-bond acceptors (Lipinski definition) is 4. The summed E-state index contributed by atoms with van der Waals surface area (Å²) >= 11 is 1.83. The van der Waals surface area contributed by atoms with Gasteiger partial charge in [-0.25, -0.2) is 0 Å². The van der Waals surface area contributed by atoms with E-state index in [2.05, 4.69) is 51.2 Å². The fraction of sp³-hybridized carbons (Fsp3) is 0.450. The van der Waals surface area contributed by atoms with E-state index in [1.807, 2.05) is 17.4 Å². The molecule has 1 amide bonds. The number of thiophene rings is 1. The quantitative estimate of drug-likeness (QED) is 0.865. The number of nitrogens with one attached hydrogen (secondary N) is 2. The van der Waals surface area contributed by atoms with Crippen molar-refractivity contribution in [3.8, 4) is 0 Å². The van der Waals surface area contributed by atoms with Crippen LogP contribution in [-0.4, -0.2) is 29.4 Å². The van der Waals surface area contributed by atoms with E-state index < -0.39 is 0 Å². The van der Waals surface area contributed by atoms with Crippen molar-refractivity contribution in [2.24, 2.45) is 0 Å². The number of benzene rings is 1. The molecule has 1 spiro atoms. The second kappa shape index (κ2) is 7.18. The third-order valence-electron chi connectivity index (χ3n) is 5.39. The average Bonchev–Trinajstić information content (AvgIpc) is 3.03. The summed E-state index contributed by atoms with van der Waals surface area (Å²) < 4.78 is 0. The number of likely N-dealkylation sites (tertiary alicyclic amines) is 1. The van der Waals surface area contributed by atoms with Crippen LogP contribution in [0.3, 0.4) is 0 Å². The van der Waals surface area contributed by atoms with E-state index in [1.54, 1.807) is 0 Å². The summed E-state index contributed by atoms with van der Waals surface area (Å²) in [4.78, 5) is 16.4. The standard InChI is InChI=1S/C20H25N3OS/c24-19-13-20(22-18-7-2-1-5-16(18)14-21-19)8-4-10-23(11-9-20)15-17-6-3-12-25-17/h1-3,5-7,12,22H,4,8-11,13-15H2,(H,21,24). The molecule has 2 aliphatic rings. The molecule has 2 aromatic rings. The molecule has 1 atom stereocenters. The molecule has 0 saturated carbocycles. The van der Waals surface area contributed by atoms with Gasteiger partial charge < -0.3 is 10.6 Å². The van der Waals surface area contributed by atoms with E-state index in [0.717, 1.165) is 38.9 Å². The molecule has 1 fully saturated rings. The molecule has 1 aromatic heterocycles. The highest BCUT2D eigenvalue weighted by Gasteiger charge is 2.36. The zero-order valence-electron chi connectivity index (χ0n) is 14.5. The van der Waals surface area contributed by atoms with Crippen LogP contribution in [-0.2, 0) is 17.9 Å². The lowest BCUT2D eigenvalue weighted by atomic mass is 9.85. The molecule has 132 valence electrons. The van der Waals surface area contributed by atoms with Crippen LogP contribution in [0.4, 0.5) is 5.69 Å². The predicted molar refractivity (Wildman–Crippen MR) is 103 cm³/mol. The molecule has 25 heavy (non-hydrogen) atoms. The molecular formula is C20H25N3OS. The van der Waals surface area contributed by atoms with Crippen molar-refractivity contribution < 1.29 is 4.79 Å². The lowest BCUT2D eigenvalue weighted by molar-refractivity contribution is -0.122. The summed E-state index contributed by atoms with van der Waals surface area (Å²) in [6.45, 7) is 3.77. The Bertz CT molecular complexity index is 730. The topological polar surface area (TPSA) is 44.4 Å². The van der Waals surface area contributed by atoms with Gasteiger partial charge in [-0.15, -0.1) is 11.3 Å². The maximum Gasteiger partial charge on any atom is 0.222 e. The highest BCUT2D eigenvalue weighted by atomic mass is 32.1. The molecule has 2 aliphatic heterocycles. The van der Waals surface area contributed by atoms with E-state index >= 15 is 0 Å². The highest BCUT2D eigenvalue weighted by Crippen LogP contribution is 2.33. The van der Waals surface area contributed by atoms with Crippen LogP contribution < -0.4 is 10.6 Å². The first kappa shape index (κ1) is 16.6. The van der Waals surface area contributed by atoms with E-state index in [0.29, 0.717) is 13.0 Å². The molecule has 3 heterocycles. The Morgan fingerprint density at radius 3 is 2.92 bits per heavy atom. The number of fused-ring (bicyclic) bond motifs is 1. The Labute approximate surface area is 153 Å². The fourth-order valence-corrected chi connectivity index (χ4v) is 4.77. The van der Waals surface area contributed by atoms with Crippen molar-refractivity contribution >= 4 is 22.9 Å². The predicted octanol–water partition coefficient (Wildman–Crippen LogP) is 3.60. The third-order valence-corrected chi connectivity index (χ3v) is 6.25. The molecule has 1 unspecified atom stereocenters. The minimum Gasteiger partial charge on any atom is -0.379 e. The van der Waals surface area contributed by atoms with Crippen molar-refractivity contribution in [2.45, 2.75) is 44.3 Å². The van der Waals surface area contributed by atoms with E-state index in [1.165, 1.54) is 16.1 Å². The van der Waals surface area contributed by atoms with Gasteiger partial charge in [0, 0.05) is 42.2 Å². The van der Waals surface area contributed by atoms with Crippen molar-refractivity contribution in [1.29, 1.82) is 0 Å². The van der Waals surface area contributed by atoms with Crippen LogP contribution in [0.25, 0.3) is 0 Å². The maximum absolute atomic E-state index is 12.4. The Morgan fingerprint density at radius 1 is 1.12 bits per heavy atom. The second-order valence-electron chi connectivity index (χ2n) is 7.23. The number of anilines is 1. The van der Waals surface area contributed by atoms with E-state index in [9.17, 15) is 4.79 Å². The minimum absolute atomic E-state index is 0.134. The molecule has 0 radical (unpaired) electrons. The summed E-state index contributed by atoms with van der Waals surface area (Å²) in [5.74, 6) is 0.161. The van der Waals surface area contributed by atoms with Crippen LogP contribution in [0.5, 0.6) is 0 Å². The molecule has 1 saturated heterocycles. The number of amides is 1. The summed E-state index contributed by atoms with van der Waals surface area (Å²) in [7, 11) is 0. The summed E-state index contributed by atoms with van der Waals surface area (Å²) in [6, 6.07) is 12.7. The van der Waals surface area contributed by atoms with Crippen molar-refractivity contribution in [2.75, 3.05) is 18.4 Å². The maximum atomic E-state index is 12.4. The van der Waals surface area contributed by atoms with Gasteiger partial charge in [-0.1, -0.05) is 24.3 Å². The van der Waals surface area contributed by atoms with E-state index in [-0.39, 0.29) is 11.4 Å².